The van der Waals surface area contributed by atoms with Crippen LogP contribution in [0.4, 0.5) is 5.69 Å². The van der Waals surface area contributed by atoms with Gasteiger partial charge < -0.3 is 4.98 Å². The van der Waals surface area contributed by atoms with Gasteiger partial charge in [-0.1, -0.05) is 35.3 Å². The van der Waals surface area contributed by atoms with Crippen molar-refractivity contribution in [3.05, 3.63) is 67.9 Å². The second-order valence-corrected chi connectivity index (χ2v) is 5.65. The molecule has 1 heterocycles. The summed E-state index contributed by atoms with van der Waals surface area (Å²) in [6, 6.07) is 11.8. The number of fused-ring (bicyclic) bond motifs is 1. The first-order chi connectivity index (χ1) is 11.5. The maximum atomic E-state index is 11.0. The minimum atomic E-state index is -0.577. The number of hydrogen-bond donors (Lipinski definition) is 1. The van der Waals surface area contributed by atoms with Crippen molar-refractivity contribution in [2.45, 2.75) is 0 Å². The van der Waals surface area contributed by atoms with E-state index in [9.17, 15) is 15.4 Å². The second-order valence-electron chi connectivity index (χ2n) is 4.86. The third-order valence-corrected chi connectivity index (χ3v) is 4.13. The molecule has 0 saturated heterocycles. The minimum Gasteiger partial charge on any atom is -0.337 e. The maximum Gasteiger partial charge on any atom is 0.271 e. The Morgan fingerprint density at radius 2 is 2.08 bits per heavy atom. The number of nitro benzene ring substituents is 1. The van der Waals surface area contributed by atoms with Gasteiger partial charge in [0.2, 0.25) is 0 Å². The highest BCUT2D eigenvalue weighted by Gasteiger charge is 2.15. The van der Waals surface area contributed by atoms with E-state index in [1.54, 1.807) is 0 Å². The Hall–Kier alpha value is -2.88. The topological polar surface area (TPSA) is 95.6 Å². The number of halogens is 2. The summed E-state index contributed by atoms with van der Waals surface area (Å²) in [7, 11) is 0. The number of allylic oxidation sites excluding steroid dienone is 1. The molecule has 0 bridgehead atoms. The number of nitriles is 1. The lowest BCUT2D eigenvalue weighted by atomic mass is 10.1. The van der Waals surface area contributed by atoms with Gasteiger partial charge in [-0.05, 0) is 18.2 Å². The molecule has 8 heteroatoms. The normalized spacial score (nSPS) is 11.5. The van der Waals surface area contributed by atoms with Gasteiger partial charge in [0.05, 0.1) is 31.6 Å². The Morgan fingerprint density at radius 3 is 2.75 bits per heavy atom. The number of aromatic amines is 1. The molecule has 0 radical (unpaired) electrons. The standard InChI is InChI=1S/C16H8Cl2N4O2/c17-12-7-11(22(23)24)6-9(15(12)18)5-10(8-19)16-20-13-3-1-2-4-14(13)21-16/h1-7H,(H,20,21). The summed E-state index contributed by atoms with van der Waals surface area (Å²) in [6.45, 7) is 0. The van der Waals surface area contributed by atoms with E-state index in [0.717, 1.165) is 11.6 Å². The molecule has 0 spiro atoms. The smallest absolute Gasteiger partial charge is 0.271 e. The van der Waals surface area contributed by atoms with Crippen molar-refractivity contribution in [2.75, 3.05) is 0 Å². The summed E-state index contributed by atoms with van der Waals surface area (Å²) >= 11 is 12.0. The number of nitrogens with one attached hydrogen (secondary N) is 1. The first kappa shape index (κ1) is 16.0. The molecule has 0 aliphatic heterocycles. The molecule has 0 atom stereocenters. The van der Waals surface area contributed by atoms with E-state index < -0.39 is 4.92 Å². The van der Waals surface area contributed by atoms with Crippen LogP contribution in [-0.2, 0) is 0 Å². The van der Waals surface area contributed by atoms with E-state index >= 15 is 0 Å². The van der Waals surface area contributed by atoms with Crippen LogP contribution in [0, 0.1) is 21.4 Å². The molecule has 6 nitrogen and oxygen atoms in total. The van der Waals surface area contributed by atoms with Gasteiger partial charge in [0, 0.05) is 17.7 Å². The van der Waals surface area contributed by atoms with Crippen LogP contribution in [0.2, 0.25) is 10.0 Å². The molecular weight excluding hydrogens is 351 g/mol. The van der Waals surface area contributed by atoms with Crippen LogP contribution in [0.15, 0.2) is 36.4 Å². The van der Waals surface area contributed by atoms with Crippen molar-refractivity contribution in [1.82, 2.24) is 9.97 Å². The number of rotatable bonds is 3. The van der Waals surface area contributed by atoms with E-state index in [1.807, 2.05) is 30.3 Å². The van der Waals surface area contributed by atoms with Gasteiger partial charge >= 0.3 is 0 Å². The molecule has 3 aromatic rings. The zero-order valence-corrected chi connectivity index (χ0v) is 13.5. The Labute approximate surface area is 146 Å². The highest BCUT2D eigenvalue weighted by Crippen LogP contribution is 2.33. The van der Waals surface area contributed by atoms with Crippen molar-refractivity contribution < 1.29 is 4.92 Å². The van der Waals surface area contributed by atoms with Crippen molar-refractivity contribution in [3.63, 3.8) is 0 Å². The van der Waals surface area contributed by atoms with Crippen LogP contribution in [0.1, 0.15) is 11.4 Å². The molecule has 0 unspecified atom stereocenters. The lowest BCUT2D eigenvalue weighted by Crippen LogP contribution is -1.91. The number of hydrogen-bond acceptors (Lipinski definition) is 4. The zero-order valence-electron chi connectivity index (χ0n) is 12.0. The third kappa shape index (κ3) is 2.95. The van der Waals surface area contributed by atoms with Gasteiger partial charge in [-0.25, -0.2) is 4.98 Å². The summed E-state index contributed by atoms with van der Waals surface area (Å²) in [5, 5.41) is 20.5. The Bertz CT molecular complexity index is 1000. The summed E-state index contributed by atoms with van der Waals surface area (Å²) in [5.74, 6) is 0.345. The average molecular weight is 359 g/mol. The lowest BCUT2D eigenvalue weighted by Gasteiger charge is -2.02. The third-order valence-electron chi connectivity index (χ3n) is 3.32. The summed E-state index contributed by atoms with van der Waals surface area (Å²) in [5.41, 5.74) is 1.73. The Kier molecular flexibility index (Phi) is 4.21. The van der Waals surface area contributed by atoms with Crippen molar-refractivity contribution >= 4 is 51.6 Å². The molecular formula is C16H8Cl2N4O2. The maximum absolute atomic E-state index is 11.0. The van der Waals surface area contributed by atoms with Crippen molar-refractivity contribution in [3.8, 4) is 6.07 Å². The summed E-state index contributed by atoms with van der Waals surface area (Å²) in [6.07, 6.45) is 1.42. The fourth-order valence-corrected chi connectivity index (χ4v) is 2.58. The van der Waals surface area contributed by atoms with Crippen LogP contribution >= 0.6 is 23.2 Å². The number of non-ortho nitro benzene ring substituents is 1. The molecule has 0 fully saturated rings. The van der Waals surface area contributed by atoms with Gasteiger partial charge in [-0.2, -0.15) is 5.26 Å². The number of nitrogens with zero attached hydrogens (tertiary/aromatic N) is 3. The largest absolute Gasteiger partial charge is 0.337 e. The molecule has 1 aromatic heterocycles. The number of para-hydroxylation sites is 2. The molecule has 3 rings (SSSR count). The fourth-order valence-electron chi connectivity index (χ4n) is 2.20. The SMILES string of the molecule is N#CC(=Cc1cc([N+](=O)[O-])cc(Cl)c1Cl)c1nc2ccccc2[nH]1. The van der Waals surface area contributed by atoms with Crippen LogP contribution in [-0.4, -0.2) is 14.9 Å². The van der Waals surface area contributed by atoms with Gasteiger partial charge in [-0.3, -0.25) is 10.1 Å². The molecule has 0 aliphatic carbocycles. The van der Waals surface area contributed by atoms with E-state index in [-0.39, 0.29) is 26.9 Å². The van der Waals surface area contributed by atoms with E-state index in [0.29, 0.717) is 11.3 Å². The van der Waals surface area contributed by atoms with Gasteiger partial charge in [0.1, 0.15) is 11.9 Å². The molecule has 0 amide bonds. The first-order valence-corrected chi connectivity index (χ1v) is 7.45. The number of imidazole rings is 1. The van der Waals surface area contributed by atoms with Gasteiger partial charge in [0.25, 0.3) is 5.69 Å². The van der Waals surface area contributed by atoms with E-state index in [2.05, 4.69) is 9.97 Å². The Morgan fingerprint density at radius 1 is 1.33 bits per heavy atom. The molecule has 118 valence electrons. The van der Waals surface area contributed by atoms with E-state index in [1.165, 1.54) is 12.1 Å². The monoisotopic (exact) mass is 358 g/mol. The van der Waals surface area contributed by atoms with Crippen molar-refractivity contribution in [2.24, 2.45) is 0 Å². The van der Waals surface area contributed by atoms with E-state index in [4.69, 9.17) is 23.2 Å². The molecule has 24 heavy (non-hydrogen) atoms. The van der Waals surface area contributed by atoms with Gasteiger partial charge in [-0.15, -0.1) is 0 Å². The molecule has 1 N–H and O–H groups in total. The molecule has 2 aromatic carbocycles. The molecule has 0 saturated carbocycles. The van der Waals surface area contributed by atoms with Crippen molar-refractivity contribution in [1.29, 1.82) is 5.26 Å². The second kappa shape index (κ2) is 6.32. The van der Waals surface area contributed by atoms with Crippen LogP contribution in [0.5, 0.6) is 0 Å². The Balaban J connectivity index is 2.14. The van der Waals surface area contributed by atoms with Crippen LogP contribution in [0.25, 0.3) is 22.7 Å². The number of H-pyrrole nitrogens is 1. The number of benzene rings is 2. The quantitative estimate of drug-likeness (QED) is 0.411. The minimum absolute atomic E-state index is 0.0408. The summed E-state index contributed by atoms with van der Waals surface area (Å²) in [4.78, 5) is 17.7. The predicted octanol–water partition coefficient (Wildman–Crippen LogP) is 4.84. The number of nitro groups is 1. The predicted molar refractivity (Wildman–Crippen MR) is 92.7 cm³/mol. The van der Waals surface area contributed by atoms with Gasteiger partial charge in [0.15, 0.2) is 0 Å². The first-order valence-electron chi connectivity index (χ1n) is 6.70. The van der Waals surface area contributed by atoms with Crippen LogP contribution < -0.4 is 0 Å². The highest BCUT2D eigenvalue weighted by molar-refractivity contribution is 6.43. The zero-order chi connectivity index (χ0) is 17.3. The summed E-state index contributed by atoms with van der Waals surface area (Å²) < 4.78 is 0. The highest BCUT2D eigenvalue weighted by atomic mass is 35.5. The molecule has 0 aliphatic rings. The average Bonchev–Trinajstić information content (AvgIpc) is 2.99. The van der Waals surface area contributed by atoms with Crippen LogP contribution in [0.3, 0.4) is 0 Å². The number of aromatic nitrogens is 2. The fraction of sp³-hybridized carbons (Fsp3) is 0. The lowest BCUT2D eigenvalue weighted by molar-refractivity contribution is -0.384.